The minimum absolute atomic E-state index is 0.145. The van der Waals surface area contributed by atoms with Gasteiger partial charge < -0.3 is 16.0 Å². The lowest BCUT2D eigenvalue weighted by molar-refractivity contribution is -0.131. The van der Waals surface area contributed by atoms with E-state index < -0.39 is 5.54 Å². The second-order valence-corrected chi connectivity index (χ2v) is 5.38. The molecule has 1 aliphatic carbocycles. The lowest BCUT2D eigenvalue weighted by Gasteiger charge is -2.19. The Morgan fingerprint density at radius 2 is 2.00 bits per heavy atom. The largest absolute Gasteiger partial charge is 0.355 e. The van der Waals surface area contributed by atoms with Crippen LogP contribution in [0.5, 0.6) is 0 Å². The summed E-state index contributed by atoms with van der Waals surface area (Å²) in [6.07, 6.45) is 3.50. The minimum Gasteiger partial charge on any atom is -0.355 e. The highest BCUT2D eigenvalue weighted by atomic mass is 16.2. The molecule has 0 aromatic carbocycles. The molecule has 7 heteroatoms. The molecule has 7 nitrogen and oxygen atoms in total. The number of carbonyl (C=O) groups is 3. The molecule has 0 bridgehead atoms. The summed E-state index contributed by atoms with van der Waals surface area (Å²) in [4.78, 5) is 37.0. The standard InChI is InChI=1S/C13H22N4O3/c1-14-7-8-15-10(18)4-9-17-11(19)13(16-12(17)20)5-2-3-6-13/h14H,2-9H2,1H3,(H,15,18)(H,16,20). The van der Waals surface area contributed by atoms with Crippen LogP contribution in [0.3, 0.4) is 0 Å². The molecule has 1 saturated carbocycles. The number of urea groups is 1. The molecule has 1 saturated heterocycles. The number of amides is 4. The van der Waals surface area contributed by atoms with E-state index in [0.717, 1.165) is 12.8 Å². The van der Waals surface area contributed by atoms with Crippen molar-refractivity contribution in [2.24, 2.45) is 0 Å². The lowest BCUT2D eigenvalue weighted by Crippen LogP contribution is -2.44. The van der Waals surface area contributed by atoms with E-state index in [2.05, 4.69) is 16.0 Å². The maximum Gasteiger partial charge on any atom is 0.325 e. The smallest absolute Gasteiger partial charge is 0.325 e. The molecular formula is C13H22N4O3. The van der Waals surface area contributed by atoms with Gasteiger partial charge in [-0.15, -0.1) is 0 Å². The highest BCUT2D eigenvalue weighted by molar-refractivity contribution is 6.07. The predicted octanol–water partition coefficient (Wildman–Crippen LogP) is -0.423. The Labute approximate surface area is 118 Å². The van der Waals surface area contributed by atoms with Crippen LogP contribution in [0.4, 0.5) is 4.79 Å². The summed E-state index contributed by atoms with van der Waals surface area (Å²) < 4.78 is 0. The zero-order valence-corrected chi connectivity index (χ0v) is 11.8. The number of nitrogens with zero attached hydrogens (tertiary/aromatic N) is 1. The van der Waals surface area contributed by atoms with Gasteiger partial charge in [0.15, 0.2) is 0 Å². The van der Waals surface area contributed by atoms with Gasteiger partial charge in [-0.3, -0.25) is 14.5 Å². The molecule has 1 spiro atoms. The molecule has 3 N–H and O–H groups in total. The van der Waals surface area contributed by atoms with Crippen LogP contribution in [0, 0.1) is 0 Å². The van der Waals surface area contributed by atoms with Gasteiger partial charge in [0.2, 0.25) is 5.91 Å². The number of rotatable bonds is 6. The van der Waals surface area contributed by atoms with E-state index in [0.29, 0.717) is 25.9 Å². The van der Waals surface area contributed by atoms with Crippen molar-refractivity contribution in [1.82, 2.24) is 20.9 Å². The Morgan fingerprint density at radius 3 is 2.65 bits per heavy atom. The molecule has 4 amide bonds. The highest BCUT2D eigenvalue weighted by Crippen LogP contribution is 2.34. The van der Waals surface area contributed by atoms with Crippen molar-refractivity contribution in [3.8, 4) is 0 Å². The Balaban J connectivity index is 1.82. The van der Waals surface area contributed by atoms with Gasteiger partial charge in [0.05, 0.1) is 0 Å². The van der Waals surface area contributed by atoms with Crippen LogP contribution in [0.15, 0.2) is 0 Å². The van der Waals surface area contributed by atoms with Crippen molar-refractivity contribution in [3.63, 3.8) is 0 Å². The van der Waals surface area contributed by atoms with Gasteiger partial charge in [-0.25, -0.2) is 4.79 Å². The van der Waals surface area contributed by atoms with Gasteiger partial charge >= 0.3 is 6.03 Å². The summed E-state index contributed by atoms with van der Waals surface area (Å²) in [6.45, 7) is 1.38. The van der Waals surface area contributed by atoms with E-state index in [4.69, 9.17) is 0 Å². The molecular weight excluding hydrogens is 260 g/mol. The zero-order valence-electron chi connectivity index (χ0n) is 11.8. The van der Waals surface area contributed by atoms with Crippen LogP contribution in [-0.2, 0) is 9.59 Å². The fourth-order valence-electron chi connectivity index (χ4n) is 2.83. The first-order valence-corrected chi connectivity index (χ1v) is 7.14. The fraction of sp³-hybridized carbons (Fsp3) is 0.769. The van der Waals surface area contributed by atoms with Gasteiger partial charge in [-0.2, -0.15) is 0 Å². The molecule has 0 unspecified atom stereocenters. The van der Waals surface area contributed by atoms with Crippen molar-refractivity contribution < 1.29 is 14.4 Å². The molecule has 0 radical (unpaired) electrons. The van der Waals surface area contributed by atoms with Crippen LogP contribution in [-0.4, -0.2) is 55.0 Å². The van der Waals surface area contributed by atoms with Gasteiger partial charge in [0.1, 0.15) is 5.54 Å². The number of hydrogen-bond acceptors (Lipinski definition) is 4. The normalized spacial score (nSPS) is 20.6. The maximum atomic E-state index is 12.3. The molecule has 2 rings (SSSR count). The topological polar surface area (TPSA) is 90.5 Å². The van der Waals surface area contributed by atoms with Crippen molar-refractivity contribution in [1.29, 1.82) is 0 Å². The highest BCUT2D eigenvalue weighted by Gasteiger charge is 2.52. The van der Waals surface area contributed by atoms with E-state index in [1.807, 2.05) is 0 Å². The van der Waals surface area contributed by atoms with E-state index in [-0.39, 0.29) is 30.8 Å². The molecule has 1 heterocycles. The molecule has 1 aliphatic heterocycles. The Morgan fingerprint density at radius 1 is 1.30 bits per heavy atom. The second kappa shape index (κ2) is 6.21. The predicted molar refractivity (Wildman–Crippen MR) is 73.0 cm³/mol. The van der Waals surface area contributed by atoms with Crippen LogP contribution in [0.25, 0.3) is 0 Å². The minimum atomic E-state index is -0.681. The number of carbonyl (C=O) groups excluding carboxylic acids is 3. The summed E-state index contributed by atoms with van der Waals surface area (Å²) in [5.41, 5.74) is -0.681. The molecule has 0 aromatic rings. The molecule has 2 aliphatic rings. The van der Waals surface area contributed by atoms with Crippen LogP contribution in [0.1, 0.15) is 32.1 Å². The lowest BCUT2D eigenvalue weighted by atomic mass is 9.98. The average Bonchev–Trinajstić information content (AvgIpc) is 2.96. The van der Waals surface area contributed by atoms with E-state index >= 15 is 0 Å². The maximum absolute atomic E-state index is 12.3. The summed E-state index contributed by atoms with van der Waals surface area (Å²) in [5.74, 6) is -0.309. The third-order valence-electron chi connectivity index (χ3n) is 3.96. The quantitative estimate of drug-likeness (QED) is 0.456. The average molecular weight is 282 g/mol. The van der Waals surface area contributed by atoms with Gasteiger partial charge in [0, 0.05) is 26.1 Å². The van der Waals surface area contributed by atoms with Gasteiger partial charge in [-0.1, -0.05) is 12.8 Å². The van der Waals surface area contributed by atoms with Gasteiger partial charge in [-0.05, 0) is 19.9 Å². The zero-order chi connectivity index (χ0) is 14.6. The first-order chi connectivity index (χ1) is 9.59. The van der Waals surface area contributed by atoms with Crippen LogP contribution >= 0.6 is 0 Å². The summed E-state index contributed by atoms with van der Waals surface area (Å²) in [5, 5.41) is 8.45. The molecule has 20 heavy (non-hydrogen) atoms. The van der Waals surface area contributed by atoms with Crippen molar-refractivity contribution in [2.75, 3.05) is 26.7 Å². The van der Waals surface area contributed by atoms with Gasteiger partial charge in [0.25, 0.3) is 5.91 Å². The SMILES string of the molecule is CNCCNC(=O)CCN1C(=O)NC2(CCCC2)C1=O. The van der Waals surface area contributed by atoms with Crippen molar-refractivity contribution in [3.05, 3.63) is 0 Å². The monoisotopic (exact) mass is 282 g/mol. The molecule has 112 valence electrons. The number of imide groups is 1. The number of hydrogen-bond donors (Lipinski definition) is 3. The Bertz CT molecular complexity index is 404. The Hall–Kier alpha value is -1.63. The summed E-state index contributed by atoms with van der Waals surface area (Å²) in [6, 6.07) is -0.361. The third-order valence-corrected chi connectivity index (χ3v) is 3.96. The first kappa shape index (κ1) is 14.8. The summed E-state index contributed by atoms with van der Waals surface area (Å²) >= 11 is 0. The number of likely N-dealkylation sites (N-methyl/N-ethyl adjacent to an activating group) is 1. The van der Waals surface area contributed by atoms with Crippen LogP contribution < -0.4 is 16.0 Å². The van der Waals surface area contributed by atoms with Crippen molar-refractivity contribution in [2.45, 2.75) is 37.6 Å². The summed E-state index contributed by atoms with van der Waals surface area (Å²) in [7, 11) is 1.81. The molecule has 0 atom stereocenters. The fourth-order valence-corrected chi connectivity index (χ4v) is 2.83. The first-order valence-electron chi connectivity index (χ1n) is 7.14. The number of nitrogens with one attached hydrogen (secondary N) is 3. The van der Waals surface area contributed by atoms with E-state index in [9.17, 15) is 14.4 Å². The second-order valence-electron chi connectivity index (χ2n) is 5.38. The molecule has 0 aromatic heterocycles. The molecule has 2 fully saturated rings. The van der Waals surface area contributed by atoms with Crippen molar-refractivity contribution >= 4 is 17.8 Å². The van der Waals surface area contributed by atoms with E-state index in [1.165, 1.54) is 4.90 Å². The van der Waals surface area contributed by atoms with E-state index in [1.54, 1.807) is 7.05 Å². The Kier molecular flexibility index (Phi) is 4.59. The third kappa shape index (κ3) is 2.92. The van der Waals surface area contributed by atoms with Crippen LogP contribution in [0.2, 0.25) is 0 Å².